The summed E-state index contributed by atoms with van der Waals surface area (Å²) >= 11 is 4.85. The third-order valence-electron chi connectivity index (χ3n) is 5.48. The van der Waals surface area contributed by atoms with Crippen molar-refractivity contribution in [3.63, 3.8) is 0 Å². The van der Waals surface area contributed by atoms with Crippen LogP contribution in [0.5, 0.6) is 0 Å². The van der Waals surface area contributed by atoms with E-state index in [9.17, 15) is 29.1 Å². The highest BCUT2D eigenvalue weighted by atomic mass is 32.2. The number of rotatable bonds is 13. The van der Waals surface area contributed by atoms with Crippen molar-refractivity contribution < 1.29 is 38.7 Å². The Balaban J connectivity index is 1.44. The number of fused-ring (bicyclic) bond motifs is 1. The predicted molar refractivity (Wildman–Crippen MR) is 142 cm³/mol. The standard InChI is InChI=1S/C20H21N7O8S4/c1-2-34-11(29)3-35-26-12(10-4-36-18(23-10)21-8-28)14(30)24-13-15(31)27-5-20(17(32)33,6-37-16(13)27)7-38-19-25-22-9-39-19/h4,8-9,13,16H,2-3,5-7H2,1H3,(H,24,30)(H,32,33)(H,21,23,28)/t13?,16-,20?/m1/s1. The second kappa shape index (κ2) is 12.7. The van der Waals surface area contributed by atoms with E-state index >= 15 is 0 Å². The molecule has 0 aliphatic carbocycles. The maximum absolute atomic E-state index is 13.2. The number of aromatic nitrogens is 3. The van der Waals surface area contributed by atoms with E-state index in [0.717, 1.165) is 11.3 Å². The van der Waals surface area contributed by atoms with Crippen LogP contribution in [0.4, 0.5) is 5.13 Å². The molecule has 4 heterocycles. The molecule has 2 aromatic rings. The number of esters is 1. The number of hydrogen-bond acceptors (Lipinski definition) is 15. The maximum Gasteiger partial charge on any atom is 0.347 e. The number of carboxylic acids is 1. The minimum atomic E-state index is -1.20. The zero-order valence-corrected chi connectivity index (χ0v) is 23.4. The molecule has 0 spiro atoms. The second-order valence-electron chi connectivity index (χ2n) is 8.02. The van der Waals surface area contributed by atoms with Crippen LogP contribution in [0, 0.1) is 5.41 Å². The Kier molecular flexibility index (Phi) is 9.36. The number of hydrogen-bond donors (Lipinski definition) is 3. The van der Waals surface area contributed by atoms with Gasteiger partial charge in [-0.25, -0.2) is 9.78 Å². The van der Waals surface area contributed by atoms with Gasteiger partial charge in [0.05, 0.1) is 6.61 Å². The number of carbonyl (C=O) groups excluding carboxylic acids is 4. The summed E-state index contributed by atoms with van der Waals surface area (Å²) in [6.07, 6.45) is 0.419. The number of nitrogens with zero attached hydrogens (tertiary/aromatic N) is 5. The molecule has 3 N–H and O–H groups in total. The number of nitrogens with one attached hydrogen (secondary N) is 2. The van der Waals surface area contributed by atoms with Crippen LogP contribution in [0.15, 0.2) is 20.4 Å². The Morgan fingerprint density at radius 1 is 1.38 bits per heavy atom. The van der Waals surface area contributed by atoms with Gasteiger partial charge in [-0.05, 0) is 6.92 Å². The van der Waals surface area contributed by atoms with Crippen molar-refractivity contribution in [2.45, 2.75) is 22.7 Å². The Morgan fingerprint density at radius 2 is 2.21 bits per heavy atom. The SMILES string of the molecule is CCOC(=O)CON=C(C(=O)NC1C(=O)N2CC(CSc3nncs3)(C(=O)O)CS[C@H]12)c1csc(NC=O)n1. The summed E-state index contributed by atoms with van der Waals surface area (Å²) in [5, 5.41) is 27.5. The number of amides is 3. The summed E-state index contributed by atoms with van der Waals surface area (Å²) in [6, 6.07) is -0.938. The van der Waals surface area contributed by atoms with Gasteiger partial charge in [0, 0.05) is 23.4 Å². The molecule has 19 heteroatoms. The topological polar surface area (TPSA) is 202 Å². The predicted octanol–water partition coefficient (Wildman–Crippen LogP) is 0.110. The fourth-order valence-corrected chi connectivity index (χ4v) is 7.60. The van der Waals surface area contributed by atoms with Crippen LogP contribution < -0.4 is 10.6 Å². The van der Waals surface area contributed by atoms with Gasteiger partial charge < -0.3 is 30.2 Å². The molecule has 2 aliphatic heterocycles. The van der Waals surface area contributed by atoms with Crippen molar-refractivity contribution >= 4 is 87.2 Å². The lowest BCUT2D eigenvalue weighted by molar-refractivity contribution is -0.157. The number of anilines is 1. The lowest BCUT2D eigenvalue weighted by atomic mass is 9.89. The smallest absolute Gasteiger partial charge is 0.347 e. The number of thiazole rings is 1. The summed E-state index contributed by atoms with van der Waals surface area (Å²) < 4.78 is 5.40. The van der Waals surface area contributed by atoms with E-state index in [-0.39, 0.29) is 41.2 Å². The van der Waals surface area contributed by atoms with Crippen molar-refractivity contribution in [1.29, 1.82) is 0 Å². The van der Waals surface area contributed by atoms with Gasteiger partial charge in [0.2, 0.25) is 18.9 Å². The molecule has 0 aromatic carbocycles. The first-order chi connectivity index (χ1) is 18.8. The van der Waals surface area contributed by atoms with Gasteiger partial charge in [-0.3, -0.25) is 19.2 Å². The molecule has 208 valence electrons. The van der Waals surface area contributed by atoms with Gasteiger partial charge in [0.15, 0.2) is 15.2 Å². The fraction of sp³-hybridized carbons (Fsp3) is 0.450. The van der Waals surface area contributed by atoms with Crippen molar-refractivity contribution in [2.75, 3.05) is 36.6 Å². The van der Waals surface area contributed by atoms with Gasteiger partial charge in [-0.2, -0.15) is 0 Å². The lowest BCUT2D eigenvalue weighted by Crippen LogP contribution is -2.74. The molecule has 3 amide bonds. The molecular formula is C20H21N7O8S4. The van der Waals surface area contributed by atoms with E-state index in [1.54, 1.807) is 12.4 Å². The number of thioether (sulfide) groups is 2. The summed E-state index contributed by atoms with van der Waals surface area (Å²) in [4.78, 5) is 71.2. The number of oxime groups is 1. The van der Waals surface area contributed by atoms with E-state index in [0.29, 0.717) is 10.7 Å². The van der Waals surface area contributed by atoms with E-state index < -0.39 is 47.2 Å². The molecule has 3 atom stereocenters. The molecule has 0 bridgehead atoms. The number of aliphatic carboxylic acids is 1. The van der Waals surface area contributed by atoms with Gasteiger partial charge >= 0.3 is 11.9 Å². The van der Waals surface area contributed by atoms with Gasteiger partial charge in [-0.1, -0.05) is 28.3 Å². The van der Waals surface area contributed by atoms with Crippen molar-refractivity contribution in [2.24, 2.45) is 10.6 Å². The van der Waals surface area contributed by atoms with E-state index in [1.807, 2.05) is 0 Å². The number of carbonyl (C=O) groups is 5. The monoisotopic (exact) mass is 615 g/mol. The van der Waals surface area contributed by atoms with Crippen LogP contribution in [-0.4, -0.2) is 104 Å². The Hall–Kier alpha value is -3.29. The zero-order chi connectivity index (χ0) is 28.0. The summed E-state index contributed by atoms with van der Waals surface area (Å²) in [6.45, 7) is 1.18. The zero-order valence-electron chi connectivity index (χ0n) is 20.1. The maximum atomic E-state index is 13.2. The van der Waals surface area contributed by atoms with Crippen molar-refractivity contribution in [3.05, 3.63) is 16.6 Å². The number of β-lactam (4-membered cyclic amide) rings is 1. The van der Waals surface area contributed by atoms with Crippen LogP contribution in [0.3, 0.4) is 0 Å². The average molecular weight is 616 g/mol. The normalized spacial score (nSPS) is 22.3. The molecule has 2 fully saturated rings. The molecule has 4 rings (SSSR count). The number of carboxylic acid groups (broad SMARTS) is 1. The molecule has 39 heavy (non-hydrogen) atoms. The minimum Gasteiger partial charge on any atom is -0.481 e. The fourth-order valence-electron chi connectivity index (χ4n) is 3.60. The Morgan fingerprint density at radius 3 is 2.90 bits per heavy atom. The molecule has 0 saturated carbocycles. The Labute approximate surface area is 237 Å². The lowest BCUT2D eigenvalue weighted by Gasteiger charge is -2.53. The third-order valence-corrected chi connectivity index (χ3v) is 10.00. The largest absolute Gasteiger partial charge is 0.481 e. The summed E-state index contributed by atoms with van der Waals surface area (Å²) in [7, 11) is 0. The number of ether oxygens (including phenoxy) is 1. The summed E-state index contributed by atoms with van der Waals surface area (Å²) in [5.41, 5.74) is 0.0792. The van der Waals surface area contributed by atoms with Crippen molar-refractivity contribution in [1.82, 2.24) is 25.4 Å². The average Bonchev–Trinajstić information content (AvgIpc) is 3.61. The van der Waals surface area contributed by atoms with Crippen LogP contribution in [0.2, 0.25) is 0 Å². The highest BCUT2D eigenvalue weighted by Crippen LogP contribution is 2.44. The highest BCUT2D eigenvalue weighted by molar-refractivity contribution is 8.01. The minimum absolute atomic E-state index is 0.0204. The van der Waals surface area contributed by atoms with Crippen LogP contribution >= 0.6 is 46.2 Å². The molecular weight excluding hydrogens is 595 g/mol. The van der Waals surface area contributed by atoms with E-state index in [2.05, 4.69) is 31.0 Å². The molecule has 2 aliphatic rings. The van der Waals surface area contributed by atoms with Gasteiger partial charge in [0.1, 0.15) is 28.0 Å². The van der Waals surface area contributed by atoms with Crippen molar-refractivity contribution in [3.8, 4) is 0 Å². The third kappa shape index (κ3) is 6.48. The molecule has 2 aromatic heterocycles. The second-order valence-corrected chi connectivity index (χ2v) is 12.0. The van der Waals surface area contributed by atoms with Crippen LogP contribution in [0.25, 0.3) is 0 Å². The summed E-state index contributed by atoms with van der Waals surface area (Å²) in [5.74, 6) is -2.55. The van der Waals surface area contributed by atoms with E-state index in [4.69, 9.17) is 9.57 Å². The van der Waals surface area contributed by atoms with Gasteiger partial charge in [-0.15, -0.1) is 33.3 Å². The molecule has 0 radical (unpaired) electrons. The first-order valence-corrected chi connectivity index (χ1v) is 14.9. The quantitative estimate of drug-likeness (QED) is 0.0685. The van der Waals surface area contributed by atoms with Gasteiger partial charge in [0.25, 0.3) is 5.91 Å². The first-order valence-electron chi connectivity index (χ1n) is 11.1. The molecule has 2 unspecified atom stereocenters. The highest BCUT2D eigenvalue weighted by Gasteiger charge is 2.57. The van der Waals surface area contributed by atoms with Crippen LogP contribution in [0.1, 0.15) is 12.6 Å². The van der Waals surface area contributed by atoms with Crippen LogP contribution in [-0.2, 0) is 33.5 Å². The Bertz CT molecular complexity index is 1270. The first kappa shape index (κ1) is 28.7. The molecule has 2 saturated heterocycles. The molecule has 15 nitrogen and oxygen atoms in total. The van der Waals surface area contributed by atoms with E-state index in [1.165, 1.54) is 45.1 Å².